The Morgan fingerprint density at radius 1 is 1.03 bits per heavy atom. The topological polar surface area (TPSA) is 66.5 Å². The summed E-state index contributed by atoms with van der Waals surface area (Å²) in [5.41, 5.74) is 1.41. The molecule has 2 aromatic rings. The summed E-state index contributed by atoms with van der Waals surface area (Å²) in [7, 11) is 0. The first kappa shape index (κ1) is 21.1. The molecule has 4 aliphatic carbocycles. The Hall–Kier alpha value is -2.44. The molecule has 0 aromatic heterocycles. The van der Waals surface area contributed by atoms with E-state index in [9.17, 15) is 14.4 Å². The quantitative estimate of drug-likeness (QED) is 0.454. The molecule has 3 amide bonds. The van der Waals surface area contributed by atoms with Crippen LogP contribution in [0.25, 0.3) is 0 Å². The number of anilines is 1. The predicted octanol–water partition coefficient (Wildman–Crippen LogP) is 4.71. The molecule has 0 spiro atoms. The SMILES string of the molecule is O=C(Nc1ccc(Br)c(Cl)c1)[C@@H](Cc1ccccc1)N1C(=O)[C@H]2[C@@H]3C=C[C@H]([C@H]4C[C@H]34)[C@@H]2C1=O. The maximum Gasteiger partial charge on any atom is 0.248 e. The van der Waals surface area contributed by atoms with Crippen LogP contribution in [0.15, 0.2) is 65.2 Å². The minimum Gasteiger partial charge on any atom is -0.324 e. The molecular formula is C26H22BrClN2O3. The fourth-order valence-electron chi connectivity index (χ4n) is 6.23. The van der Waals surface area contributed by atoms with Crippen LogP contribution in [0, 0.1) is 35.5 Å². The maximum absolute atomic E-state index is 13.7. The highest BCUT2D eigenvalue weighted by Crippen LogP contribution is 2.65. The first-order chi connectivity index (χ1) is 15.9. The zero-order valence-corrected chi connectivity index (χ0v) is 20.0. The minimum absolute atomic E-state index is 0.122. The first-order valence-electron chi connectivity index (χ1n) is 11.3. The molecule has 1 aliphatic heterocycles. The first-order valence-corrected chi connectivity index (χ1v) is 12.5. The molecular weight excluding hydrogens is 504 g/mol. The smallest absolute Gasteiger partial charge is 0.248 e. The summed E-state index contributed by atoms with van der Waals surface area (Å²) in [5, 5.41) is 3.35. The van der Waals surface area contributed by atoms with E-state index in [1.165, 1.54) is 4.90 Å². The second kappa shape index (κ2) is 7.81. The van der Waals surface area contributed by atoms with Crippen molar-refractivity contribution >= 4 is 50.9 Å². The van der Waals surface area contributed by atoms with E-state index in [1.54, 1.807) is 18.2 Å². The summed E-state index contributed by atoms with van der Waals surface area (Å²) >= 11 is 9.55. The van der Waals surface area contributed by atoms with Gasteiger partial charge in [0, 0.05) is 16.6 Å². The molecule has 7 heteroatoms. The number of amides is 3. The highest BCUT2D eigenvalue weighted by Gasteiger charge is 2.67. The van der Waals surface area contributed by atoms with Crippen LogP contribution in [0.5, 0.6) is 0 Å². The lowest BCUT2D eigenvalue weighted by atomic mass is 9.63. The number of halogens is 2. The predicted molar refractivity (Wildman–Crippen MR) is 128 cm³/mol. The van der Waals surface area contributed by atoms with E-state index in [2.05, 4.69) is 33.4 Å². The molecule has 2 aromatic carbocycles. The summed E-state index contributed by atoms with van der Waals surface area (Å²) in [5.74, 6) is -0.154. The molecule has 7 rings (SSSR count). The number of rotatable bonds is 5. The standard InChI is InChI=1S/C26H22BrClN2O3/c27-19-9-6-14(11-20(19)28)29-24(31)21(10-13-4-2-1-3-5-13)30-25(32)22-15-7-8-16(18-12-17(15)18)23(22)26(30)33/h1-9,11,15-18,21-23H,10,12H2,(H,29,31)/t15-,16-,17-,18-,21-,22+,23+/m1/s1. The van der Waals surface area contributed by atoms with Crippen LogP contribution < -0.4 is 5.32 Å². The van der Waals surface area contributed by atoms with Crippen LogP contribution >= 0.6 is 27.5 Å². The summed E-state index contributed by atoms with van der Waals surface area (Å²) in [6.07, 6.45) is 5.66. The number of hydrogen-bond acceptors (Lipinski definition) is 3. The number of likely N-dealkylation sites (tertiary alicyclic amines) is 1. The molecule has 33 heavy (non-hydrogen) atoms. The van der Waals surface area contributed by atoms with Gasteiger partial charge in [0.05, 0.1) is 16.9 Å². The van der Waals surface area contributed by atoms with Gasteiger partial charge >= 0.3 is 0 Å². The molecule has 2 bridgehead atoms. The van der Waals surface area contributed by atoms with Crippen molar-refractivity contribution in [2.75, 3.05) is 5.32 Å². The van der Waals surface area contributed by atoms with Crippen molar-refractivity contribution < 1.29 is 14.4 Å². The second-order valence-electron chi connectivity index (χ2n) is 9.52. The number of allylic oxidation sites excluding steroid dienone is 2. The molecule has 5 nitrogen and oxygen atoms in total. The van der Waals surface area contributed by atoms with Crippen molar-refractivity contribution in [2.24, 2.45) is 35.5 Å². The fraction of sp³-hybridized carbons (Fsp3) is 0.346. The van der Waals surface area contributed by atoms with E-state index >= 15 is 0 Å². The lowest BCUT2D eigenvalue weighted by Crippen LogP contribution is -2.49. The summed E-state index contributed by atoms with van der Waals surface area (Å²) in [4.78, 5) is 42.1. The molecule has 2 saturated carbocycles. The van der Waals surface area contributed by atoms with E-state index < -0.39 is 6.04 Å². The minimum atomic E-state index is -0.920. The van der Waals surface area contributed by atoms with Crippen LogP contribution in [0.2, 0.25) is 5.02 Å². The number of nitrogens with zero attached hydrogens (tertiary/aromatic N) is 1. The average Bonchev–Trinajstić information content (AvgIpc) is 3.59. The normalized spacial score (nSPS) is 31.9. The van der Waals surface area contributed by atoms with Gasteiger partial charge in [0.25, 0.3) is 0 Å². The third-order valence-corrected chi connectivity index (χ3v) is 9.00. The molecule has 3 fully saturated rings. The molecule has 1 heterocycles. The van der Waals surface area contributed by atoms with Gasteiger partial charge in [-0.3, -0.25) is 19.3 Å². The van der Waals surface area contributed by atoms with Crippen LogP contribution in [-0.4, -0.2) is 28.7 Å². The lowest BCUT2D eigenvalue weighted by Gasteiger charge is -2.37. The van der Waals surface area contributed by atoms with Gasteiger partial charge in [0.1, 0.15) is 6.04 Å². The van der Waals surface area contributed by atoms with Crippen LogP contribution in [0.4, 0.5) is 5.69 Å². The number of carbonyl (C=O) groups is 3. The highest BCUT2D eigenvalue weighted by atomic mass is 79.9. The third kappa shape index (κ3) is 3.38. The van der Waals surface area contributed by atoms with E-state index in [1.807, 2.05) is 30.3 Å². The zero-order valence-electron chi connectivity index (χ0n) is 17.7. The Kier molecular flexibility index (Phi) is 5.00. The van der Waals surface area contributed by atoms with Crippen molar-refractivity contribution in [2.45, 2.75) is 18.9 Å². The number of nitrogens with one attached hydrogen (secondary N) is 1. The maximum atomic E-state index is 13.7. The van der Waals surface area contributed by atoms with Crippen molar-refractivity contribution in [3.05, 3.63) is 75.7 Å². The number of benzene rings is 2. The molecule has 1 saturated heterocycles. The van der Waals surface area contributed by atoms with Gasteiger partial charge < -0.3 is 5.32 Å². The van der Waals surface area contributed by atoms with Gasteiger partial charge in [-0.25, -0.2) is 0 Å². The fourth-order valence-corrected chi connectivity index (χ4v) is 6.65. The Labute approximate surface area is 205 Å². The van der Waals surface area contributed by atoms with Crippen LogP contribution in [-0.2, 0) is 20.8 Å². The van der Waals surface area contributed by atoms with Crippen LogP contribution in [0.3, 0.4) is 0 Å². The monoisotopic (exact) mass is 524 g/mol. The Balaban J connectivity index is 1.33. The second-order valence-corrected chi connectivity index (χ2v) is 10.8. The average molecular weight is 526 g/mol. The molecule has 7 atom stereocenters. The lowest BCUT2D eigenvalue weighted by molar-refractivity contribution is -0.146. The number of imide groups is 1. The van der Waals surface area contributed by atoms with Gasteiger partial charge in [-0.1, -0.05) is 54.1 Å². The van der Waals surface area contributed by atoms with Gasteiger partial charge in [0.15, 0.2) is 0 Å². The van der Waals surface area contributed by atoms with Crippen molar-refractivity contribution in [1.82, 2.24) is 4.90 Å². The largest absolute Gasteiger partial charge is 0.324 e. The van der Waals surface area contributed by atoms with Gasteiger partial charge in [-0.05, 0) is 69.8 Å². The van der Waals surface area contributed by atoms with E-state index in [4.69, 9.17) is 11.6 Å². The molecule has 5 aliphatic rings. The van der Waals surface area contributed by atoms with Crippen LogP contribution in [0.1, 0.15) is 12.0 Å². The Morgan fingerprint density at radius 2 is 1.67 bits per heavy atom. The molecule has 1 N–H and O–H groups in total. The van der Waals surface area contributed by atoms with Crippen molar-refractivity contribution in [1.29, 1.82) is 0 Å². The van der Waals surface area contributed by atoms with E-state index in [0.29, 0.717) is 22.5 Å². The Morgan fingerprint density at radius 3 is 2.27 bits per heavy atom. The van der Waals surface area contributed by atoms with Gasteiger partial charge in [-0.2, -0.15) is 0 Å². The van der Waals surface area contributed by atoms with E-state index in [-0.39, 0.29) is 47.8 Å². The van der Waals surface area contributed by atoms with Crippen molar-refractivity contribution in [3.63, 3.8) is 0 Å². The molecule has 0 radical (unpaired) electrons. The number of hydrogen-bond donors (Lipinski definition) is 1. The zero-order chi connectivity index (χ0) is 22.9. The molecule has 168 valence electrons. The van der Waals surface area contributed by atoms with Gasteiger partial charge in [-0.15, -0.1) is 0 Å². The summed E-state index contributed by atoms with van der Waals surface area (Å²) in [6.45, 7) is 0. The summed E-state index contributed by atoms with van der Waals surface area (Å²) in [6, 6.07) is 13.7. The van der Waals surface area contributed by atoms with E-state index in [0.717, 1.165) is 16.5 Å². The number of carbonyl (C=O) groups excluding carboxylic acids is 3. The Bertz CT molecular complexity index is 1160. The third-order valence-electron chi connectivity index (χ3n) is 7.77. The molecule has 0 unspecified atom stereocenters. The highest BCUT2D eigenvalue weighted by molar-refractivity contribution is 9.10. The van der Waals surface area contributed by atoms with Gasteiger partial charge in [0.2, 0.25) is 17.7 Å². The van der Waals surface area contributed by atoms with Crippen molar-refractivity contribution in [3.8, 4) is 0 Å². The summed E-state index contributed by atoms with van der Waals surface area (Å²) < 4.78 is 0.721.